The third-order valence-corrected chi connectivity index (χ3v) is 6.36. The predicted octanol–water partition coefficient (Wildman–Crippen LogP) is 3.68. The van der Waals surface area contributed by atoms with Gasteiger partial charge in [-0.2, -0.15) is 9.97 Å². The van der Waals surface area contributed by atoms with Gasteiger partial charge < -0.3 is 19.5 Å². The van der Waals surface area contributed by atoms with Gasteiger partial charge in [0.15, 0.2) is 11.5 Å². The number of anilines is 2. The molecule has 0 saturated carbocycles. The molecule has 1 fully saturated rings. The lowest BCUT2D eigenvalue weighted by molar-refractivity contribution is 0.414. The summed E-state index contributed by atoms with van der Waals surface area (Å²) < 4.78 is 9.03. The molecular formula is C26H27N9O. The van der Waals surface area contributed by atoms with Crippen LogP contribution >= 0.6 is 0 Å². The van der Waals surface area contributed by atoms with E-state index in [0.29, 0.717) is 18.7 Å². The van der Waals surface area contributed by atoms with Crippen LogP contribution in [0, 0.1) is 0 Å². The van der Waals surface area contributed by atoms with Crippen LogP contribution in [0.3, 0.4) is 0 Å². The molecule has 36 heavy (non-hydrogen) atoms. The van der Waals surface area contributed by atoms with Crippen LogP contribution in [0.4, 0.5) is 11.8 Å². The summed E-state index contributed by atoms with van der Waals surface area (Å²) in [6.45, 7) is 3.10. The zero-order valence-electron chi connectivity index (χ0n) is 20.1. The molecule has 6 rings (SSSR count). The quantitative estimate of drug-likeness (QED) is 0.358. The number of imidazole rings is 1. The molecular weight excluding hydrogens is 454 g/mol. The summed E-state index contributed by atoms with van der Waals surface area (Å²) in [5, 5.41) is 12.2. The standard InChI is InChI=1S/C26H27N9O/c1-36-22-11-9-21(10-12-22)35-17-20(31-32-35)16-34-18-28-25-23(34)24(27-15-19-7-3-2-4-8-19)29-26(30-25)33-13-5-6-14-33/h2-4,7-12,17-18H,5-6,13-16H2,1H3,(H,27,29,30). The second-order valence-corrected chi connectivity index (χ2v) is 8.80. The summed E-state index contributed by atoms with van der Waals surface area (Å²) >= 11 is 0. The number of ether oxygens (including phenoxy) is 1. The third kappa shape index (κ3) is 4.45. The first-order chi connectivity index (χ1) is 17.8. The number of aromatic nitrogens is 7. The van der Waals surface area contributed by atoms with E-state index >= 15 is 0 Å². The Morgan fingerprint density at radius 2 is 1.78 bits per heavy atom. The lowest BCUT2D eigenvalue weighted by atomic mass is 10.2. The zero-order chi connectivity index (χ0) is 24.3. The fourth-order valence-electron chi connectivity index (χ4n) is 4.46. The molecule has 182 valence electrons. The second-order valence-electron chi connectivity index (χ2n) is 8.80. The van der Waals surface area contributed by atoms with Crippen molar-refractivity contribution in [3.05, 3.63) is 78.4 Å². The van der Waals surface area contributed by atoms with Gasteiger partial charge in [-0.3, -0.25) is 0 Å². The summed E-state index contributed by atoms with van der Waals surface area (Å²) in [7, 11) is 1.65. The van der Waals surface area contributed by atoms with E-state index in [-0.39, 0.29) is 0 Å². The highest BCUT2D eigenvalue weighted by Crippen LogP contribution is 2.26. The predicted molar refractivity (Wildman–Crippen MR) is 138 cm³/mol. The Bertz CT molecular complexity index is 1450. The lowest BCUT2D eigenvalue weighted by Gasteiger charge is -2.17. The average Bonchev–Trinajstić information content (AvgIpc) is 3.70. The van der Waals surface area contributed by atoms with Crippen molar-refractivity contribution in [3.8, 4) is 11.4 Å². The Balaban J connectivity index is 1.31. The Morgan fingerprint density at radius 3 is 2.56 bits per heavy atom. The number of nitrogens with one attached hydrogen (secondary N) is 1. The van der Waals surface area contributed by atoms with Gasteiger partial charge in [-0.15, -0.1) is 5.10 Å². The van der Waals surface area contributed by atoms with Gasteiger partial charge in [-0.05, 0) is 42.7 Å². The van der Waals surface area contributed by atoms with Crippen molar-refractivity contribution in [1.82, 2.24) is 34.5 Å². The highest BCUT2D eigenvalue weighted by molar-refractivity contribution is 5.84. The maximum absolute atomic E-state index is 5.25. The number of hydrogen-bond acceptors (Lipinski definition) is 8. The molecule has 2 aromatic carbocycles. The molecule has 10 heteroatoms. The largest absolute Gasteiger partial charge is 0.497 e. The van der Waals surface area contributed by atoms with Gasteiger partial charge >= 0.3 is 0 Å². The normalized spacial score (nSPS) is 13.4. The zero-order valence-corrected chi connectivity index (χ0v) is 20.1. The first kappa shape index (κ1) is 22.0. The third-order valence-electron chi connectivity index (χ3n) is 6.36. The van der Waals surface area contributed by atoms with Gasteiger partial charge in [0.25, 0.3) is 0 Å². The van der Waals surface area contributed by atoms with Gasteiger partial charge in [0.05, 0.1) is 31.9 Å². The van der Waals surface area contributed by atoms with Crippen molar-refractivity contribution in [2.45, 2.75) is 25.9 Å². The van der Waals surface area contributed by atoms with Gasteiger partial charge in [-0.1, -0.05) is 35.5 Å². The molecule has 0 amide bonds. The SMILES string of the molecule is COc1ccc(-n2cc(Cn3cnc4nc(N5CCCC5)nc(NCc5ccccc5)c43)nn2)cc1. The molecule has 10 nitrogen and oxygen atoms in total. The molecule has 0 aliphatic carbocycles. The molecule has 0 spiro atoms. The molecule has 0 radical (unpaired) electrons. The maximum atomic E-state index is 5.25. The number of hydrogen-bond donors (Lipinski definition) is 1. The summed E-state index contributed by atoms with van der Waals surface area (Å²) in [6, 6.07) is 18.0. The maximum Gasteiger partial charge on any atom is 0.229 e. The number of rotatable bonds is 8. The van der Waals surface area contributed by atoms with Crippen LogP contribution in [0.1, 0.15) is 24.1 Å². The van der Waals surface area contributed by atoms with Crippen LogP contribution in [0.25, 0.3) is 16.9 Å². The van der Waals surface area contributed by atoms with Crippen molar-refractivity contribution in [1.29, 1.82) is 0 Å². The second kappa shape index (κ2) is 9.65. The van der Waals surface area contributed by atoms with Crippen LogP contribution in [-0.4, -0.2) is 54.7 Å². The van der Waals surface area contributed by atoms with Crippen molar-refractivity contribution in [3.63, 3.8) is 0 Å². The minimum absolute atomic E-state index is 0.499. The van der Waals surface area contributed by atoms with E-state index in [9.17, 15) is 0 Å². The first-order valence-electron chi connectivity index (χ1n) is 12.1. The van der Waals surface area contributed by atoms with Crippen LogP contribution in [0.5, 0.6) is 5.75 Å². The topological polar surface area (TPSA) is 98.8 Å². The molecule has 5 aromatic rings. The van der Waals surface area contributed by atoms with Gasteiger partial charge in [0.2, 0.25) is 5.95 Å². The average molecular weight is 482 g/mol. The molecule has 1 aliphatic heterocycles. The number of fused-ring (bicyclic) bond motifs is 1. The molecule has 0 atom stereocenters. The van der Waals surface area contributed by atoms with Crippen molar-refractivity contribution in [2.75, 3.05) is 30.4 Å². The Kier molecular flexibility index (Phi) is 5.90. The minimum atomic E-state index is 0.499. The van der Waals surface area contributed by atoms with Crippen LogP contribution in [0.15, 0.2) is 67.1 Å². The van der Waals surface area contributed by atoms with Crippen molar-refractivity contribution < 1.29 is 4.74 Å². The van der Waals surface area contributed by atoms with E-state index < -0.39 is 0 Å². The number of nitrogens with zero attached hydrogens (tertiary/aromatic N) is 8. The highest BCUT2D eigenvalue weighted by atomic mass is 16.5. The number of methoxy groups -OCH3 is 1. The van der Waals surface area contributed by atoms with Gasteiger partial charge in [-0.25, -0.2) is 9.67 Å². The van der Waals surface area contributed by atoms with Gasteiger partial charge in [0.1, 0.15) is 17.0 Å². The van der Waals surface area contributed by atoms with Gasteiger partial charge in [0, 0.05) is 19.6 Å². The molecule has 1 saturated heterocycles. The van der Waals surface area contributed by atoms with Crippen molar-refractivity contribution in [2.24, 2.45) is 0 Å². The number of benzene rings is 2. The highest BCUT2D eigenvalue weighted by Gasteiger charge is 2.20. The first-order valence-corrected chi connectivity index (χ1v) is 12.1. The summed E-state index contributed by atoms with van der Waals surface area (Å²) in [4.78, 5) is 16.6. The summed E-state index contributed by atoms with van der Waals surface area (Å²) in [6.07, 6.45) is 6.04. The Morgan fingerprint density at radius 1 is 0.972 bits per heavy atom. The fourth-order valence-corrected chi connectivity index (χ4v) is 4.46. The van der Waals surface area contributed by atoms with E-state index in [1.807, 2.05) is 53.2 Å². The van der Waals surface area contributed by atoms with E-state index in [2.05, 4.69) is 37.6 Å². The lowest BCUT2D eigenvalue weighted by Crippen LogP contribution is -2.21. The molecule has 3 aromatic heterocycles. The molecule has 1 aliphatic rings. The summed E-state index contributed by atoms with van der Waals surface area (Å²) in [5.41, 5.74) is 4.43. The van der Waals surface area contributed by atoms with E-state index in [1.165, 1.54) is 5.56 Å². The molecule has 1 N–H and O–H groups in total. The molecule has 0 bridgehead atoms. The van der Waals surface area contributed by atoms with Crippen LogP contribution < -0.4 is 15.0 Å². The van der Waals surface area contributed by atoms with Crippen LogP contribution in [0.2, 0.25) is 0 Å². The molecule has 0 unspecified atom stereocenters. The summed E-state index contributed by atoms with van der Waals surface area (Å²) in [5.74, 6) is 2.30. The fraction of sp³-hybridized carbons (Fsp3) is 0.269. The Labute approximate surface area is 208 Å². The molecule has 4 heterocycles. The minimum Gasteiger partial charge on any atom is -0.497 e. The monoisotopic (exact) mass is 481 g/mol. The smallest absolute Gasteiger partial charge is 0.229 e. The van der Waals surface area contributed by atoms with E-state index in [1.54, 1.807) is 18.1 Å². The van der Waals surface area contributed by atoms with Crippen LogP contribution in [-0.2, 0) is 13.1 Å². The Hall–Kier alpha value is -4.47. The van der Waals surface area contributed by atoms with Crippen molar-refractivity contribution >= 4 is 22.9 Å². The van der Waals surface area contributed by atoms with E-state index in [0.717, 1.165) is 60.3 Å². The van der Waals surface area contributed by atoms with E-state index in [4.69, 9.17) is 14.7 Å².